The molecule has 3 heteroatoms. The molecule has 1 aromatic rings. The lowest BCUT2D eigenvalue weighted by Gasteiger charge is -2.23. The van der Waals surface area contributed by atoms with Crippen LogP contribution in [-0.2, 0) is 0 Å². The lowest BCUT2D eigenvalue weighted by atomic mass is 10.2. The molecule has 1 aromatic heterocycles. The van der Waals surface area contributed by atoms with Crippen LogP contribution >= 0.6 is 11.3 Å². The van der Waals surface area contributed by atoms with Gasteiger partial charge in [0.1, 0.15) is 0 Å². The van der Waals surface area contributed by atoms with Crippen LogP contribution in [0.25, 0.3) is 0 Å². The van der Waals surface area contributed by atoms with Crippen molar-refractivity contribution in [2.45, 2.75) is 32.2 Å². The van der Waals surface area contributed by atoms with E-state index in [0.29, 0.717) is 6.04 Å². The average Bonchev–Trinajstić information content (AvgIpc) is 2.85. The van der Waals surface area contributed by atoms with Crippen molar-refractivity contribution in [3.63, 3.8) is 0 Å². The molecule has 2 rings (SSSR count). The number of nitrogens with zero attached hydrogens (tertiary/aromatic N) is 1. The number of carbonyl (C=O) groups excluding carboxylic acids is 1. The minimum Gasteiger partial charge on any atom is -0.360 e. The summed E-state index contributed by atoms with van der Waals surface area (Å²) >= 11 is 1.61. The van der Waals surface area contributed by atoms with E-state index >= 15 is 0 Å². The van der Waals surface area contributed by atoms with Crippen LogP contribution < -0.4 is 4.90 Å². The summed E-state index contributed by atoms with van der Waals surface area (Å²) in [6, 6.07) is 4.67. The van der Waals surface area contributed by atoms with Gasteiger partial charge in [-0.05, 0) is 31.4 Å². The Balaban J connectivity index is 2.17. The first-order valence-electron chi connectivity index (χ1n) is 5.16. The monoisotopic (exact) mass is 209 g/mol. The standard InChI is InChI=1S/C11H15NOS/c1-2-9-4-3-7-12(9)11-6-5-10(8-13)14-11/h5-6,8-9H,2-4,7H2,1H3. The Hall–Kier alpha value is -0.830. The highest BCUT2D eigenvalue weighted by Gasteiger charge is 2.23. The van der Waals surface area contributed by atoms with Gasteiger partial charge in [-0.2, -0.15) is 0 Å². The molecule has 1 aliphatic heterocycles. The summed E-state index contributed by atoms with van der Waals surface area (Å²) in [5, 5.41) is 1.26. The summed E-state index contributed by atoms with van der Waals surface area (Å²) < 4.78 is 0. The van der Waals surface area contributed by atoms with Gasteiger partial charge in [-0.1, -0.05) is 6.92 Å². The molecule has 0 amide bonds. The first kappa shape index (κ1) is 9.71. The van der Waals surface area contributed by atoms with Crippen LogP contribution in [0.2, 0.25) is 0 Å². The minimum absolute atomic E-state index is 0.688. The van der Waals surface area contributed by atoms with Crippen LogP contribution in [0.5, 0.6) is 0 Å². The summed E-state index contributed by atoms with van der Waals surface area (Å²) in [6.45, 7) is 3.38. The third-order valence-corrected chi connectivity index (χ3v) is 3.91. The predicted octanol–water partition coefficient (Wildman–Crippen LogP) is 2.94. The van der Waals surface area contributed by atoms with Crippen molar-refractivity contribution in [1.82, 2.24) is 0 Å². The van der Waals surface area contributed by atoms with Crippen LogP contribution in [-0.4, -0.2) is 18.9 Å². The summed E-state index contributed by atoms with van der Waals surface area (Å²) in [5.74, 6) is 0. The van der Waals surface area contributed by atoms with E-state index in [9.17, 15) is 4.79 Å². The zero-order chi connectivity index (χ0) is 9.97. The zero-order valence-electron chi connectivity index (χ0n) is 8.40. The molecular formula is C11H15NOS. The van der Waals surface area contributed by atoms with E-state index in [1.54, 1.807) is 11.3 Å². The number of anilines is 1. The second-order valence-electron chi connectivity index (χ2n) is 3.69. The van der Waals surface area contributed by atoms with E-state index < -0.39 is 0 Å². The Labute approximate surface area is 88.5 Å². The van der Waals surface area contributed by atoms with Gasteiger partial charge in [0.15, 0.2) is 6.29 Å². The van der Waals surface area contributed by atoms with E-state index in [2.05, 4.69) is 17.9 Å². The van der Waals surface area contributed by atoms with Crippen molar-refractivity contribution in [3.05, 3.63) is 17.0 Å². The Bertz CT molecular complexity index is 321. The van der Waals surface area contributed by atoms with Crippen molar-refractivity contribution in [1.29, 1.82) is 0 Å². The van der Waals surface area contributed by atoms with Crippen molar-refractivity contribution in [2.24, 2.45) is 0 Å². The fourth-order valence-electron chi connectivity index (χ4n) is 2.11. The Morgan fingerprint density at radius 1 is 1.64 bits per heavy atom. The van der Waals surface area contributed by atoms with Gasteiger partial charge in [-0.25, -0.2) is 0 Å². The molecule has 0 spiro atoms. The molecule has 14 heavy (non-hydrogen) atoms. The second-order valence-corrected chi connectivity index (χ2v) is 4.79. The zero-order valence-corrected chi connectivity index (χ0v) is 9.22. The molecule has 1 saturated heterocycles. The molecule has 2 nitrogen and oxygen atoms in total. The highest BCUT2D eigenvalue weighted by molar-refractivity contribution is 7.17. The van der Waals surface area contributed by atoms with E-state index in [1.807, 2.05) is 6.07 Å². The quantitative estimate of drug-likeness (QED) is 0.713. The van der Waals surface area contributed by atoms with Crippen molar-refractivity contribution < 1.29 is 4.79 Å². The molecule has 0 N–H and O–H groups in total. The fraction of sp³-hybridized carbons (Fsp3) is 0.545. The Morgan fingerprint density at radius 3 is 3.14 bits per heavy atom. The molecule has 1 unspecified atom stereocenters. The van der Waals surface area contributed by atoms with E-state index in [0.717, 1.165) is 17.7 Å². The minimum atomic E-state index is 0.688. The third kappa shape index (κ3) is 1.69. The lowest BCUT2D eigenvalue weighted by Crippen LogP contribution is -2.27. The number of hydrogen-bond donors (Lipinski definition) is 0. The van der Waals surface area contributed by atoms with Crippen LogP contribution in [0.3, 0.4) is 0 Å². The molecular weight excluding hydrogens is 194 g/mol. The number of aldehydes is 1. The fourth-order valence-corrected chi connectivity index (χ4v) is 3.03. The number of hydrogen-bond acceptors (Lipinski definition) is 3. The Morgan fingerprint density at radius 2 is 2.50 bits per heavy atom. The summed E-state index contributed by atoms with van der Waals surface area (Å²) in [7, 11) is 0. The predicted molar refractivity (Wildman–Crippen MR) is 60.4 cm³/mol. The topological polar surface area (TPSA) is 20.3 Å². The molecule has 1 aliphatic rings. The van der Waals surface area contributed by atoms with Gasteiger partial charge in [-0.15, -0.1) is 11.3 Å². The van der Waals surface area contributed by atoms with Crippen molar-refractivity contribution in [3.8, 4) is 0 Å². The molecule has 76 valence electrons. The maximum Gasteiger partial charge on any atom is 0.160 e. The normalized spacial score (nSPS) is 21.5. The molecule has 1 fully saturated rings. The highest BCUT2D eigenvalue weighted by Crippen LogP contribution is 2.32. The molecule has 1 atom stereocenters. The molecule has 0 saturated carbocycles. The first-order valence-corrected chi connectivity index (χ1v) is 5.98. The van der Waals surface area contributed by atoms with Gasteiger partial charge < -0.3 is 4.90 Å². The van der Waals surface area contributed by atoms with E-state index in [-0.39, 0.29) is 0 Å². The van der Waals surface area contributed by atoms with Crippen LogP contribution in [0, 0.1) is 0 Å². The average molecular weight is 209 g/mol. The largest absolute Gasteiger partial charge is 0.360 e. The smallest absolute Gasteiger partial charge is 0.160 e. The maximum atomic E-state index is 10.6. The SMILES string of the molecule is CCC1CCCN1c1ccc(C=O)s1. The number of rotatable bonds is 3. The van der Waals surface area contributed by atoms with Gasteiger partial charge in [0.25, 0.3) is 0 Å². The van der Waals surface area contributed by atoms with Gasteiger partial charge in [0.05, 0.1) is 9.88 Å². The maximum absolute atomic E-state index is 10.6. The number of thiophene rings is 1. The molecule has 0 aliphatic carbocycles. The van der Waals surface area contributed by atoms with Crippen LogP contribution in [0.1, 0.15) is 35.9 Å². The van der Waals surface area contributed by atoms with Crippen molar-refractivity contribution >= 4 is 22.6 Å². The first-order chi connectivity index (χ1) is 6.85. The molecule has 0 aromatic carbocycles. The van der Waals surface area contributed by atoms with Gasteiger partial charge in [-0.3, -0.25) is 4.79 Å². The van der Waals surface area contributed by atoms with E-state index in [4.69, 9.17) is 0 Å². The summed E-state index contributed by atoms with van der Waals surface area (Å²) in [4.78, 5) is 13.9. The van der Waals surface area contributed by atoms with Crippen molar-refractivity contribution in [2.75, 3.05) is 11.4 Å². The highest BCUT2D eigenvalue weighted by atomic mass is 32.1. The summed E-state index contributed by atoms with van der Waals surface area (Å²) in [6.07, 6.45) is 4.72. The van der Waals surface area contributed by atoms with Gasteiger partial charge >= 0.3 is 0 Å². The van der Waals surface area contributed by atoms with Gasteiger partial charge in [0.2, 0.25) is 0 Å². The second kappa shape index (κ2) is 4.13. The summed E-state index contributed by atoms with van der Waals surface area (Å²) in [5.41, 5.74) is 0. The third-order valence-electron chi connectivity index (χ3n) is 2.86. The molecule has 2 heterocycles. The van der Waals surface area contributed by atoms with Crippen LogP contribution in [0.4, 0.5) is 5.00 Å². The molecule has 0 bridgehead atoms. The van der Waals surface area contributed by atoms with Gasteiger partial charge in [0, 0.05) is 12.6 Å². The lowest BCUT2D eigenvalue weighted by molar-refractivity contribution is 0.112. The van der Waals surface area contributed by atoms with Crippen LogP contribution in [0.15, 0.2) is 12.1 Å². The number of carbonyl (C=O) groups is 1. The molecule has 0 radical (unpaired) electrons. The Kier molecular flexibility index (Phi) is 2.87. The van der Waals surface area contributed by atoms with E-state index in [1.165, 1.54) is 24.3 Å².